The fourth-order valence-corrected chi connectivity index (χ4v) is 7.45. The molecule has 12 nitrogen and oxygen atoms in total. The van der Waals surface area contributed by atoms with Crippen LogP contribution >= 0.6 is 0 Å². The topological polar surface area (TPSA) is 169 Å². The van der Waals surface area contributed by atoms with E-state index in [1.807, 2.05) is 24.3 Å². The standard InChI is InChI=1S/C38H34N4O8S2/c1-3-9-27-17-21-29(22-18-27)39-37(43)41-31-11-7-13-33(25-31)49-51(45,46)35-15-5-6-16-36(35)52(47,48)50-34-14-8-12-32(26-34)42-38(44)40-30-23-19-28(10-4-2)20-24-30/h3-8,11-26H,1-2,9-10H2,(H2,39,41,43)(H2,40,42,44). The predicted octanol–water partition coefficient (Wildman–Crippen LogP) is 7.97. The molecule has 0 atom stereocenters. The Kier molecular flexibility index (Phi) is 11.7. The van der Waals surface area contributed by atoms with Crippen molar-refractivity contribution in [3.63, 3.8) is 0 Å². The van der Waals surface area contributed by atoms with Crippen LogP contribution in [-0.2, 0) is 33.1 Å². The third-order valence-corrected chi connectivity index (χ3v) is 9.91. The average Bonchev–Trinajstić information content (AvgIpc) is 3.10. The van der Waals surface area contributed by atoms with Crippen LogP contribution in [0.15, 0.2) is 156 Å². The molecule has 52 heavy (non-hydrogen) atoms. The van der Waals surface area contributed by atoms with Crippen molar-refractivity contribution in [2.45, 2.75) is 22.6 Å². The molecular weight excluding hydrogens is 705 g/mol. The zero-order chi connectivity index (χ0) is 37.1. The minimum Gasteiger partial charge on any atom is -0.379 e. The molecule has 0 fully saturated rings. The van der Waals surface area contributed by atoms with Crippen molar-refractivity contribution in [3.8, 4) is 11.5 Å². The lowest BCUT2D eigenvalue weighted by atomic mass is 10.1. The van der Waals surface area contributed by atoms with Crippen LogP contribution in [-0.4, -0.2) is 28.9 Å². The number of benzene rings is 5. The lowest BCUT2D eigenvalue weighted by molar-refractivity contribution is 0.261. The Morgan fingerprint density at radius 1 is 0.500 bits per heavy atom. The Morgan fingerprint density at radius 3 is 1.23 bits per heavy atom. The first kappa shape index (κ1) is 36.9. The molecule has 0 unspecified atom stereocenters. The van der Waals surface area contributed by atoms with Crippen molar-refractivity contribution >= 4 is 55.0 Å². The zero-order valence-corrected chi connectivity index (χ0v) is 29.2. The van der Waals surface area contributed by atoms with Crippen LogP contribution in [0.5, 0.6) is 11.5 Å². The molecule has 0 aliphatic carbocycles. The van der Waals surface area contributed by atoms with E-state index in [4.69, 9.17) is 8.37 Å². The number of hydrogen-bond donors (Lipinski definition) is 4. The van der Waals surface area contributed by atoms with Crippen molar-refractivity contribution in [2.75, 3.05) is 21.3 Å². The molecule has 0 bridgehead atoms. The summed E-state index contributed by atoms with van der Waals surface area (Å²) in [5, 5.41) is 10.6. The van der Waals surface area contributed by atoms with Crippen LogP contribution < -0.4 is 29.6 Å². The van der Waals surface area contributed by atoms with Crippen LogP contribution in [0.3, 0.4) is 0 Å². The normalized spacial score (nSPS) is 11.1. The molecule has 0 aliphatic heterocycles. The van der Waals surface area contributed by atoms with E-state index < -0.39 is 42.1 Å². The zero-order valence-electron chi connectivity index (χ0n) is 27.6. The number of hydrogen-bond acceptors (Lipinski definition) is 8. The van der Waals surface area contributed by atoms with Crippen LogP contribution in [0.25, 0.3) is 0 Å². The fourth-order valence-electron chi connectivity index (χ4n) is 4.83. The third kappa shape index (κ3) is 10.1. The summed E-state index contributed by atoms with van der Waals surface area (Å²) in [4.78, 5) is 23.8. The minimum absolute atomic E-state index is 0.190. The second kappa shape index (κ2) is 16.6. The second-order valence-electron chi connectivity index (χ2n) is 11.1. The van der Waals surface area contributed by atoms with Crippen LogP contribution in [0.4, 0.5) is 32.3 Å². The van der Waals surface area contributed by atoms with Crippen molar-refractivity contribution in [3.05, 3.63) is 158 Å². The smallest absolute Gasteiger partial charge is 0.340 e. The SMILES string of the molecule is C=CCc1ccc(NC(=O)Nc2cccc(OS(=O)(=O)c3ccccc3S(=O)(=O)Oc3cccc(NC(=O)Nc4ccc(CC=C)cc4)c3)c2)cc1. The summed E-state index contributed by atoms with van der Waals surface area (Å²) in [6, 6.07) is 29.1. The van der Waals surface area contributed by atoms with Gasteiger partial charge >= 0.3 is 32.3 Å². The van der Waals surface area contributed by atoms with Crippen molar-refractivity contribution in [2.24, 2.45) is 0 Å². The molecule has 0 saturated heterocycles. The molecule has 0 aromatic heterocycles. The molecule has 0 aliphatic rings. The van der Waals surface area contributed by atoms with E-state index in [0.717, 1.165) is 23.3 Å². The Labute approximate surface area is 302 Å². The maximum Gasteiger partial charge on any atom is 0.340 e. The van der Waals surface area contributed by atoms with Gasteiger partial charge in [-0.2, -0.15) is 16.8 Å². The molecule has 5 aromatic rings. The molecule has 0 radical (unpaired) electrons. The molecule has 0 spiro atoms. The van der Waals surface area contributed by atoms with Gasteiger partial charge in [0.15, 0.2) is 0 Å². The fraction of sp³-hybridized carbons (Fsp3) is 0.0526. The number of rotatable bonds is 14. The van der Waals surface area contributed by atoms with E-state index in [9.17, 15) is 26.4 Å². The molecule has 0 saturated carbocycles. The average molecular weight is 739 g/mol. The maximum atomic E-state index is 13.4. The molecular formula is C38H34N4O8S2. The van der Waals surface area contributed by atoms with Gasteiger partial charge in [0.25, 0.3) is 0 Å². The van der Waals surface area contributed by atoms with Gasteiger partial charge in [-0.25, -0.2) is 9.59 Å². The molecule has 4 N–H and O–H groups in total. The summed E-state index contributed by atoms with van der Waals surface area (Å²) in [5.74, 6) is -0.381. The third-order valence-electron chi connectivity index (χ3n) is 7.17. The van der Waals surface area contributed by atoms with E-state index in [-0.39, 0.29) is 22.9 Å². The maximum absolute atomic E-state index is 13.4. The first-order valence-corrected chi connectivity index (χ1v) is 18.5. The number of nitrogens with one attached hydrogen (secondary N) is 4. The molecule has 5 aromatic carbocycles. The molecule has 4 amide bonds. The highest BCUT2D eigenvalue weighted by Gasteiger charge is 2.30. The quantitative estimate of drug-likeness (QED) is 0.0657. The molecule has 266 valence electrons. The summed E-state index contributed by atoms with van der Waals surface area (Å²) in [6.07, 6.45) is 4.91. The van der Waals surface area contributed by atoms with E-state index in [0.29, 0.717) is 24.2 Å². The Balaban J connectivity index is 1.25. The first-order valence-electron chi connectivity index (χ1n) is 15.7. The van der Waals surface area contributed by atoms with Crippen molar-refractivity contribution in [1.29, 1.82) is 0 Å². The number of carbonyl (C=O) groups is 2. The summed E-state index contributed by atoms with van der Waals surface area (Å²) in [5.41, 5.74) is 3.55. The highest BCUT2D eigenvalue weighted by molar-refractivity contribution is 7.90. The lowest BCUT2D eigenvalue weighted by Crippen LogP contribution is -2.20. The van der Waals surface area contributed by atoms with Gasteiger partial charge in [0.2, 0.25) is 0 Å². The number of amides is 4. The van der Waals surface area contributed by atoms with Crippen molar-refractivity contribution in [1.82, 2.24) is 0 Å². The van der Waals surface area contributed by atoms with Crippen molar-refractivity contribution < 1.29 is 34.8 Å². The summed E-state index contributed by atoms with van der Waals surface area (Å²) in [6.45, 7) is 7.40. The van der Waals surface area contributed by atoms with Gasteiger partial charge in [-0.15, -0.1) is 13.2 Å². The highest BCUT2D eigenvalue weighted by Crippen LogP contribution is 2.29. The second-order valence-corrected chi connectivity index (χ2v) is 14.1. The van der Waals surface area contributed by atoms with E-state index in [1.165, 1.54) is 60.7 Å². The summed E-state index contributed by atoms with van der Waals surface area (Å²) < 4.78 is 64.3. The van der Waals surface area contributed by atoms with Gasteiger partial charge in [-0.3, -0.25) is 0 Å². The predicted molar refractivity (Wildman–Crippen MR) is 201 cm³/mol. The van der Waals surface area contributed by atoms with Crippen LogP contribution in [0, 0.1) is 0 Å². The Hall–Kier alpha value is -6.38. The Morgan fingerprint density at radius 2 is 0.865 bits per heavy atom. The van der Waals surface area contributed by atoms with Gasteiger partial charge in [-0.1, -0.05) is 60.7 Å². The van der Waals surface area contributed by atoms with E-state index >= 15 is 0 Å². The minimum atomic E-state index is -4.75. The molecule has 14 heteroatoms. The van der Waals surface area contributed by atoms with Gasteiger partial charge in [0.1, 0.15) is 21.3 Å². The number of anilines is 4. The van der Waals surface area contributed by atoms with E-state index in [1.54, 1.807) is 36.4 Å². The number of allylic oxidation sites excluding steroid dienone is 2. The summed E-state index contributed by atoms with van der Waals surface area (Å²) >= 11 is 0. The van der Waals surface area contributed by atoms with E-state index in [2.05, 4.69) is 34.4 Å². The van der Waals surface area contributed by atoms with Gasteiger partial charge in [-0.05, 0) is 84.6 Å². The summed E-state index contributed by atoms with van der Waals surface area (Å²) in [7, 11) is -9.49. The van der Waals surface area contributed by atoms with Crippen LogP contribution in [0.1, 0.15) is 11.1 Å². The first-order chi connectivity index (χ1) is 24.9. The lowest BCUT2D eigenvalue weighted by Gasteiger charge is -2.14. The monoisotopic (exact) mass is 738 g/mol. The Bertz CT molecular complexity index is 2150. The molecule has 5 rings (SSSR count). The van der Waals surface area contributed by atoms with Gasteiger partial charge in [0.05, 0.1) is 0 Å². The van der Waals surface area contributed by atoms with Gasteiger partial charge < -0.3 is 29.6 Å². The highest BCUT2D eigenvalue weighted by atomic mass is 32.2. The molecule has 0 heterocycles. The number of carbonyl (C=O) groups excluding carboxylic acids is 2. The van der Waals surface area contributed by atoms with Crippen LogP contribution in [0.2, 0.25) is 0 Å². The number of urea groups is 2. The largest absolute Gasteiger partial charge is 0.379 e. The van der Waals surface area contributed by atoms with Gasteiger partial charge in [0, 0.05) is 34.9 Å².